The molecule has 1 amide bonds. The van der Waals surface area contributed by atoms with Crippen LogP contribution in [0.4, 0.5) is 5.82 Å². The lowest BCUT2D eigenvalue weighted by molar-refractivity contribution is -0.116. The molecule has 1 aromatic carbocycles. The number of aromatic nitrogens is 1. The summed E-state index contributed by atoms with van der Waals surface area (Å²) in [5.74, 6) is 0.722. The number of carbonyl (C=O) groups is 1. The Balaban J connectivity index is 2.10. The van der Waals surface area contributed by atoms with Crippen LogP contribution >= 0.6 is 0 Å². The van der Waals surface area contributed by atoms with Crippen LogP contribution in [0.3, 0.4) is 0 Å². The van der Waals surface area contributed by atoms with E-state index in [2.05, 4.69) is 22.4 Å². The molecule has 4 heteroatoms. The molecule has 0 bridgehead atoms. The van der Waals surface area contributed by atoms with Crippen molar-refractivity contribution in [3.05, 3.63) is 47.7 Å². The van der Waals surface area contributed by atoms with Gasteiger partial charge in [-0.15, -0.1) is 0 Å². The molecule has 96 valence electrons. The van der Waals surface area contributed by atoms with Gasteiger partial charge in [0, 0.05) is 24.7 Å². The fourth-order valence-electron chi connectivity index (χ4n) is 2.42. The van der Waals surface area contributed by atoms with E-state index in [4.69, 9.17) is 5.73 Å². The molecule has 3 N–H and O–H groups in total. The first-order chi connectivity index (χ1) is 9.28. The van der Waals surface area contributed by atoms with E-state index in [-0.39, 0.29) is 5.91 Å². The van der Waals surface area contributed by atoms with Crippen LogP contribution < -0.4 is 11.1 Å². The molecule has 0 aliphatic carbocycles. The lowest BCUT2D eigenvalue weighted by Gasteiger charge is -2.19. The SMILES string of the molecule is NCc1cccc(-c2ccnc3c2CCC(=O)N3)c1. The van der Waals surface area contributed by atoms with Gasteiger partial charge in [-0.1, -0.05) is 18.2 Å². The van der Waals surface area contributed by atoms with Crippen molar-refractivity contribution in [2.75, 3.05) is 5.32 Å². The predicted molar refractivity (Wildman–Crippen MR) is 74.5 cm³/mol. The van der Waals surface area contributed by atoms with Gasteiger partial charge in [0.15, 0.2) is 0 Å². The van der Waals surface area contributed by atoms with Crippen molar-refractivity contribution in [3.63, 3.8) is 0 Å². The van der Waals surface area contributed by atoms with E-state index in [1.807, 2.05) is 18.2 Å². The van der Waals surface area contributed by atoms with Crippen LogP contribution in [0, 0.1) is 0 Å². The number of nitrogens with one attached hydrogen (secondary N) is 1. The smallest absolute Gasteiger partial charge is 0.225 e. The highest BCUT2D eigenvalue weighted by Crippen LogP contribution is 2.31. The van der Waals surface area contributed by atoms with Crippen LogP contribution in [0.1, 0.15) is 17.5 Å². The zero-order chi connectivity index (χ0) is 13.2. The summed E-state index contributed by atoms with van der Waals surface area (Å²) in [6.07, 6.45) is 2.98. The Kier molecular flexibility index (Phi) is 3.01. The number of benzene rings is 1. The number of hydrogen-bond acceptors (Lipinski definition) is 3. The van der Waals surface area contributed by atoms with Gasteiger partial charge in [-0.3, -0.25) is 4.79 Å². The van der Waals surface area contributed by atoms with Gasteiger partial charge in [0.1, 0.15) is 5.82 Å². The molecule has 0 saturated carbocycles. The second kappa shape index (κ2) is 4.82. The summed E-state index contributed by atoms with van der Waals surface area (Å²) in [5, 5.41) is 2.82. The van der Waals surface area contributed by atoms with Crippen LogP contribution in [0.25, 0.3) is 11.1 Å². The first-order valence-electron chi connectivity index (χ1n) is 6.35. The molecule has 1 aliphatic heterocycles. The van der Waals surface area contributed by atoms with Crippen molar-refractivity contribution in [2.45, 2.75) is 19.4 Å². The number of carbonyl (C=O) groups excluding carboxylic acids is 1. The lowest BCUT2D eigenvalue weighted by atomic mass is 9.94. The lowest BCUT2D eigenvalue weighted by Crippen LogP contribution is -2.20. The fraction of sp³-hybridized carbons (Fsp3) is 0.200. The zero-order valence-corrected chi connectivity index (χ0v) is 10.5. The van der Waals surface area contributed by atoms with E-state index in [0.29, 0.717) is 18.8 Å². The van der Waals surface area contributed by atoms with Crippen molar-refractivity contribution in [1.82, 2.24) is 4.98 Å². The Morgan fingerprint density at radius 1 is 1.26 bits per heavy atom. The summed E-state index contributed by atoms with van der Waals surface area (Å²) >= 11 is 0. The number of nitrogens with zero attached hydrogens (tertiary/aromatic N) is 1. The number of nitrogens with two attached hydrogens (primary N) is 1. The molecular weight excluding hydrogens is 238 g/mol. The quantitative estimate of drug-likeness (QED) is 0.861. The monoisotopic (exact) mass is 253 g/mol. The number of fused-ring (bicyclic) bond motifs is 1. The molecule has 3 rings (SSSR count). The highest BCUT2D eigenvalue weighted by atomic mass is 16.1. The highest BCUT2D eigenvalue weighted by molar-refractivity contribution is 5.94. The first kappa shape index (κ1) is 11.9. The van der Waals surface area contributed by atoms with E-state index in [1.165, 1.54) is 0 Å². The maximum Gasteiger partial charge on any atom is 0.225 e. The summed E-state index contributed by atoms with van der Waals surface area (Å²) in [5.41, 5.74) is 10.1. The van der Waals surface area contributed by atoms with Crippen LogP contribution in [-0.4, -0.2) is 10.9 Å². The standard InChI is InChI=1S/C15H15N3O/c16-9-10-2-1-3-11(8-10)12-6-7-17-15-13(12)4-5-14(19)18-15/h1-3,6-8H,4-5,9,16H2,(H,17,18,19). The zero-order valence-electron chi connectivity index (χ0n) is 10.5. The minimum atomic E-state index is 0.0351. The summed E-state index contributed by atoms with van der Waals surface area (Å²) in [6, 6.07) is 10.2. The third-order valence-corrected chi connectivity index (χ3v) is 3.39. The summed E-state index contributed by atoms with van der Waals surface area (Å²) in [6.45, 7) is 0.526. The topological polar surface area (TPSA) is 68.0 Å². The minimum Gasteiger partial charge on any atom is -0.326 e. The maximum atomic E-state index is 11.4. The number of rotatable bonds is 2. The second-order valence-corrected chi connectivity index (χ2v) is 4.64. The van der Waals surface area contributed by atoms with Crippen molar-refractivity contribution in [3.8, 4) is 11.1 Å². The minimum absolute atomic E-state index is 0.0351. The van der Waals surface area contributed by atoms with Gasteiger partial charge in [-0.05, 0) is 35.2 Å². The van der Waals surface area contributed by atoms with Gasteiger partial charge in [0.25, 0.3) is 0 Å². The van der Waals surface area contributed by atoms with Crippen LogP contribution in [0.15, 0.2) is 36.5 Å². The average Bonchev–Trinajstić information content (AvgIpc) is 2.46. The van der Waals surface area contributed by atoms with E-state index >= 15 is 0 Å². The molecule has 19 heavy (non-hydrogen) atoms. The maximum absolute atomic E-state index is 11.4. The Bertz CT molecular complexity index is 637. The molecule has 4 nitrogen and oxygen atoms in total. The van der Waals surface area contributed by atoms with Gasteiger partial charge >= 0.3 is 0 Å². The molecule has 0 spiro atoms. The summed E-state index contributed by atoms with van der Waals surface area (Å²) < 4.78 is 0. The second-order valence-electron chi connectivity index (χ2n) is 4.64. The van der Waals surface area contributed by atoms with Crippen molar-refractivity contribution in [2.24, 2.45) is 5.73 Å². The fourth-order valence-corrected chi connectivity index (χ4v) is 2.42. The largest absolute Gasteiger partial charge is 0.326 e. The Labute approximate surface area is 111 Å². The van der Waals surface area contributed by atoms with Gasteiger partial charge in [-0.25, -0.2) is 4.98 Å². The number of amides is 1. The molecule has 1 aliphatic rings. The molecule has 0 saturated heterocycles. The van der Waals surface area contributed by atoms with Gasteiger partial charge in [0.2, 0.25) is 5.91 Å². The average molecular weight is 253 g/mol. The van der Waals surface area contributed by atoms with Crippen molar-refractivity contribution < 1.29 is 4.79 Å². The van der Waals surface area contributed by atoms with Gasteiger partial charge < -0.3 is 11.1 Å². The van der Waals surface area contributed by atoms with Crippen LogP contribution in [-0.2, 0) is 17.8 Å². The normalized spacial score (nSPS) is 13.8. The molecule has 1 aromatic heterocycles. The van der Waals surface area contributed by atoms with Gasteiger partial charge in [-0.2, -0.15) is 0 Å². The summed E-state index contributed by atoms with van der Waals surface area (Å²) in [7, 11) is 0. The molecule has 0 unspecified atom stereocenters. The predicted octanol–water partition coefficient (Wildman–Crippen LogP) is 2.09. The third-order valence-electron chi connectivity index (χ3n) is 3.39. The van der Waals surface area contributed by atoms with Crippen LogP contribution in [0.5, 0.6) is 0 Å². The van der Waals surface area contributed by atoms with Crippen molar-refractivity contribution in [1.29, 1.82) is 0 Å². The van der Waals surface area contributed by atoms with E-state index in [1.54, 1.807) is 6.20 Å². The number of pyridine rings is 1. The van der Waals surface area contributed by atoms with Gasteiger partial charge in [0.05, 0.1) is 0 Å². The van der Waals surface area contributed by atoms with E-state index < -0.39 is 0 Å². The Hall–Kier alpha value is -2.20. The Morgan fingerprint density at radius 2 is 2.16 bits per heavy atom. The Morgan fingerprint density at radius 3 is 3.00 bits per heavy atom. The third kappa shape index (κ3) is 2.22. The molecule has 2 aromatic rings. The first-order valence-corrected chi connectivity index (χ1v) is 6.35. The molecule has 0 fully saturated rings. The summed E-state index contributed by atoms with van der Waals surface area (Å²) in [4.78, 5) is 15.6. The molecule has 0 radical (unpaired) electrons. The molecular formula is C15H15N3O. The van der Waals surface area contributed by atoms with E-state index in [9.17, 15) is 4.79 Å². The van der Waals surface area contributed by atoms with Crippen molar-refractivity contribution >= 4 is 11.7 Å². The molecule has 2 heterocycles. The number of anilines is 1. The van der Waals surface area contributed by atoms with Crippen LogP contribution in [0.2, 0.25) is 0 Å². The number of hydrogen-bond donors (Lipinski definition) is 2. The van der Waals surface area contributed by atoms with E-state index in [0.717, 1.165) is 28.7 Å². The highest BCUT2D eigenvalue weighted by Gasteiger charge is 2.19. The molecule has 0 atom stereocenters.